The highest BCUT2D eigenvalue weighted by atomic mass is 16.5. The molecule has 2 amide bonds. The number of rotatable bonds is 7. The predicted molar refractivity (Wildman–Crippen MR) is 130 cm³/mol. The molecule has 0 aromatic heterocycles. The van der Waals surface area contributed by atoms with Gasteiger partial charge in [-0.3, -0.25) is 9.80 Å². The van der Waals surface area contributed by atoms with E-state index in [1.807, 2.05) is 30.3 Å². The number of carbonyl (C=O) groups excluding carboxylic acids is 2. The van der Waals surface area contributed by atoms with Crippen molar-refractivity contribution in [1.82, 2.24) is 20.4 Å². The fourth-order valence-electron chi connectivity index (χ4n) is 5.44. The smallest absolute Gasteiger partial charge is 0.338 e. The fraction of sp³-hybridized carbons (Fsp3) is 0.615. The monoisotopic (exact) mass is 470 g/mol. The molecule has 0 radical (unpaired) electrons. The molecule has 8 heteroatoms. The Morgan fingerprint density at radius 2 is 1.76 bits per heavy atom. The molecule has 2 N–H and O–H groups in total. The molecular formula is C26H38N4O4. The van der Waals surface area contributed by atoms with E-state index >= 15 is 0 Å². The lowest BCUT2D eigenvalue weighted by Gasteiger charge is -2.40. The van der Waals surface area contributed by atoms with Crippen LogP contribution >= 0.6 is 0 Å². The molecule has 1 aromatic rings. The topological polar surface area (TPSA) is 83.1 Å². The molecule has 3 aliphatic heterocycles. The van der Waals surface area contributed by atoms with Crippen molar-refractivity contribution in [3.8, 4) is 0 Å². The van der Waals surface area contributed by atoms with E-state index in [9.17, 15) is 9.59 Å². The highest BCUT2D eigenvalue weighted by Crippen LogP contribution is 2.29. The third-order valence-electron chi connectivity index (χ3n) is 6.88. The van der Waals surface area contributed by atoms with Gasteiger partial charge in [0.15, 0.2) is 0 Å². The summed E-state index contributed by atoms with van der Waals surface area (Å²) >= 11 is 0. The Labute approximate surface area is 202 Å². The van der Waals surface area contributed by atoms with Gasteiger partial charge in [-0.15, -0.1) is 0 Å². The van der Waals surface area contributed by atoms with Crippen molar-refractivity contribution in [2.75, 3.05) is 45.9 Å². The lowest BCUT2D eigenvalue weighted by molar-refractivity contribution is -0.139. The van der Waals surface area contributed by atoms with E-state index < -0.39 is 6.04 Å². The van der Waals surface area contributed by atoms with E-state index in [-0.39, 0.29) is 30.8 Å². The van der Waals surface area contributed by atoms with Crippen LogP contribution < -0.4 is 10.6 Å². The van der Waals surface area contributed by atoms with Crippen LogP contribution in [0.5, 0.6) is 0 Å². The van der Waals surface area contributed by atoms with Crippen molar-refractivity contribution >= 4 is 12.0 Å². The van der Waals surface area contributed by atoms with Gasteiger partial charge < -0.3 is 20.1 Å². The summed E-state index contributed by atoms with van der Waals surface area (Å²) < 4.78 is 11.3. The number of likely N-dealkylation sites (tertiary alicyclic amines) is 1. The molecule has 3 heterocycles. The van der Waals surface area contributed by atoms with Crippen LogP contribution in [0.15, 0.2) is 41.6 Å². The largest absolute Gasteiger partial charge is 0.463 e. The lowest BCUT2D eigenvalue weighted by Crippen LogP contribution is -2.50. The van der Waals surface area contributed by atoms with Crippen molar-refractivity contribution < 1.29 is 19.1 Å². The first kappa shape index (κ1) is 24.7. The molecule has 186 valence electrons. The van der Waals surface area contributed by atoms with Crippen LogP contribution in [0.1, 0.15) is 45.2 Å². The number of nitrogens with one attached hydrogen (secondary N) is 2. The predicted octanol–water partition coefficient (Wildman–Crippen LogP) is 2.68. The van der Waals surface area contributed by atoms with E-state index in [4.69, 9.17) is 9.47 Å². The van der Waals surface area contributed by atoms with Gasteiger partial charge in [0.1, 0.15) is 0 Å². The first-order valence-electron chi connectivity index (χ1n) is 12.6. The van der Waals surface area contributed by atoms with Gasteiger partial charge >= 0.3 is 12.0 Å². The summed E-state index contributed by atoms with van der Waals surface area (Å²) in [6.45, 7) is 11.9. The van der Waals surface area contributed by atoms with E-state index in [2.05, 4.69) is 34.3 Å². The summed E-state index contributed by atoms with van der Waals surface area (Å²) in [7, 11) is 0. The minimum Gasteiger partial charge on any atom is -0.463 e. The Morgan fingerprint density at radius 3 is 2.41 bits per heavy atom. The second kappa shape index (κ2) is 11.3. The van der Waals surface area contributed by atoms with Crippen molar-refractivity contribution in [2.45, 2.75) is 51.9 Å². The Hall–Kier alpha value is -2.42. The van der Waals surface area contributed by atoms with Gasteiger partial charge in [0.25, 0.3) is 0 Å². The van der Waals surface area contributed by atoms with Crippen molar-refractivity contribution in [3.63, 3.8) is 0 Å². The van der Waals surface area contributed by atoms with Crippen molar-refractivity contribution in [3.05, 3.63) is 47.2 Å². The minimum atomic E-state index is -0.521. The van der Waals surface area contributed by atoms with E-state index in [0.717, 1.165) is 51.1 Å². The molecule has 0 spiro atoms. The molecule has 2 fully saturated rings. The van der Waals surface area contributed by atoms with Gasteiger partial charge in [-0.2, -0.15) is 0 Å². The van der Waals surface area contributed by atoms with Gasteiger partial charge in [0.05, 0.1) is 30.4 Å². The van der Waals surface area contributed by atoms with Gasteiger partial charge in [0, 0.05) is 31.9 Å². The summed E-state index contributed by atoms with van der Waals surface area (Å²) in [5.41, 5.74) is 2.00. The number of piperidine rings is 1. The molecule has 4 rings (SSSR count). The molecule has 8 nitrogen and oxygen atoms in total. The van der Waals surface area contributed by atoms with Crippen LogP contribution in [-0.2, 0) is 14.3 Å². The molecule has 0 bridgehead atoms. The summed E-state index contributed by atoms with van der Waals surface area (Å²) in [4.78, 5) is 30.3. The first-order chi connectivity index (χ1) is 16.4. The van der Waals surface area contributed by atoms with Gasteiger partial charge in [0.2, 0.25) is 0 Å². The second-order valence-corrected chi connectivity index (χ2v) is 9.75. The van der Waals surface area contributed by atoms with Crippen LogP contribution in [0.3, 0.4) is 0 Å². The zero-order chi connectivity index (χ0) is 24.1. The lowest BCUT2D eigenvalue weighted by atomic mass is 9.93. The number of esters is 1. The zero-order valence-corrected chi connectivity index (χ0v) is 20.6. The first-order valence-corrected chi connectivity index (χ1v) is 12.6. The number of morpholine rings is 1. The molecule has 0 aliphatic carbocycles. The average molecular weight is 471 g/mol. The van der Waals surface area contributed by atoms with E-state index in [1.54, 1.807) is 6.92 Å². The number of hydrogen-bond acceptors (Lipinski definition) is 6. The van der Waals surface area contributed by atoms with E-state index in [1.165, 1.54) is 0 Å². The Morgan fingerprint density at radius 1 is 1.09 bits per heavy atom. The fourth-order valence-corrected chi connectivity index (χ4v) is 5.44. The number of amides is 2. The molecule has 1 aromatic carbocycles. The normalized spacial score (nSPS) is 27.3. The van der Waals surface area contributed by atoms with Crippen molar-refractivity contribution in [1.29, 1.82) is 0 Å². The van der Waals surface area contributed by atoms with Crippen LogP contribution in [0.4, 0.5) is 4.79 Å². The quantitative estimate of drug-likeness (QED) is 0.597. The maximum absolute atomic E-state index is 13.0. The highest BCUT2D eigenvalue weighted by Gasteiger charge is 2.35. The molecule has 3 atom stereocenters. The zero-order valence-electron chi connectivity index (χ0n) is 20.6. The van der Waals surface area contributed by atoms with Crippen molar-refractivity contribution in [2.24, 2.45) is 5.92 Å². The summed E-state index contributed by atoms with van der Waals surface area (Å²) in [6.07, 6.45) is 2.80. The van der Waals surface area contributed by atoms with Crippen LogP contribution in [0.25, 0.3) is 0 Å². The molecule has 3 unspecified atom stereocenters. The number of urea groups is 1. The second-order valence-electron chi connectivity index (χ2n) is 9.75. The van der Waals surface area contributed by atoms with Gasteiger partial charge in [-0.05, 0) is 58.2 Å². The number of hydrogen-bond donors (Lipinski definition) is 2. The third-order valence-corrected chi connectivity index (χ3v) is 6.88. The third kappa shape index (κ3) is 6.17. The average Bonchev–Trinajstić information content (AvgIpc) is 2.80. The Balaban J connectivity index is 1.43. The number of nitrogens with zero attached hydrogens (tertiary/aromatic N) is 2. The Kier molecular flexibility index (Phi) is 8.24. The SMILES string of the molecule is CCOC(=O)C1=C(CN2CCC(CN3CC(C)OC(C)C3)CC2)NC(=O)NC1c1ccccc1. The van der Waals surface area contributed by atoms with Crippen LogP contribution in [0, 0.1) is 5.92 Å². The molecule has 34 heavy (non-hydrogen) atoms. The summed E-state index contributed by atoms with van der Waals surface area (Å²) in [5, 5.41) is 5.81. The maximum atomic E-state index is 13.0. The number of benzene rings is 1. The maximum Gasteiger partial charge on any atom is 0.338 e. The number of ether oxygens (including phenoxy) is 2. The standard InChI is InChI=1S/C26H38N4O4/c1-4-33-25(31)23-22(27-26(32)28-24(23)21-8-6-5-7-9-21)17-29-12-10-20(11-13-29)16-30-14-18(2)34-19(3)15-30/h5-9,18-20,24H,4,10-17H2,1-3H3,(H2,27,28,32). The Bertz CT molecular complexity index is 872. The molecular weight excluding hydrogens is 432 g/mol. The van der Waals surface area contributed by atoms with Crippen LogP contribution in [0.2, 0.25) is 0 Å². The van der Waals surface area contributed by atoms with E-state index in [0.29, 0.717) is 23.7 Å². The highest BCUT2D eigenvalue weighted by molar-refractivity contribution is 5.95. The number of carbonyl (C=O) groups is 2. The summed E-state index contributed by atoms with van der Waals surface area (Å²) in [5.74, 6) is 0.274. The van der Waals surface area contributed by atoms with Gasteiger partial charge in [-0.1, -0.05) is 30.3 Å². The molecule has 3 aliphatic rings. The van der Waals surface area contributed by atoms with Gasteiger partial charge in [-0.25, -0.2) is 9.59 Å². The minimum absolute atomic E-state index is 0.287. The molecule has 2 saturated heterocycles. The molecule has 0 saturated carbocycles. The van der Waals surface area contributed by atoms with Crippen LogP contribution in [-0.4, -0.2) is 79.9 Å². The summed E-state index contributed by atoms with van der Waals surface area (Å²) in [6, 6.07) is 8.77.